The van der Waals surface area contributed by atoms with Crippen molar-refractivity contribution in [2.75, 3.05) is 41.5 Å². The molecule has 7 atom stereocenters. The van der Waals surface area contributed by atoms with Crippen LogP contribution in [-0.4, -0.2) is 109 Å². The molecule has 0 spiro atoms. The molecule has 4 aliphatic rings. The topological polar surface area (TPSA) is 147 Å². The Morgan fingerprint density at radius 3 is 2.43 bits per heavy atom. The minimum absolute atomic E-state index is 0.112. The first kappa shape index (κ1) is 26.2. The number of hydrogen-bond donors (Lipinski definition) is 4. The number of fused-ring (bicyclic) bond motifs is 1. The summed E-state index contributed by atoms with van der Waals surface area (Å²) in [5, 5.41) is 40.2. The van der Waals surface area contributed by atoms with E-state index in [2.05, 4.69) is 4.90 Å². The van der Waals surface area contributed by atoms with E-state index >= 15 is 0 Å². The van der Waals surface area contributed by atoms with E-state index in [9.17, 15) is 25.2 Å². The largest absolute Gasteiger partial charge is 0.495 e. The van der Waals surface area contributed by atoms with Crippen LogP contribution in [0.5, 0.6) is 11.5 Å². The second-order valence-electron chi connectivity index (χ2n) is 10.3. The zero-order chi connectivity index (χ0) is 26.7. The lowest BCUT2D eigenvalue weighted by molar-refractivity contribution is -0.277. The van der Waals surface area contributed by atoms with Gasteiger partial charge in [0.15, 0.2) is 17.3 Å². The SMILES string of the molecule is COC1=C(OC)[C@]23CCc4cc(O[C@@H]5O[C@H](CO)[C@@H](O)[C@H](O)[C@H]5O)c(OC)cc4C2(CCN3C)CC1=O. The highest BCUT2D eigenvalue weighted by molar-refractivity contribution is 5.97. The van der Waals surface area contributed by atoms with Gasteiger partial charge in [-0.25, -0.2) is 0 Å². The molecule has 11 heteroatoms. The molecule has 4 N–H and O–H groups in total. The maximum Gasteiger partial charge on any atom is 0.229 e. The van der Waals surface area contributed by atoms with Crippen molar-refractivity contribution in [2.24, 2.45) is 0 Å². The molecule has 1 unspecified atom stereocenters. The molecule has 2 saturated heterocycles. The molecule has 37 heavy (non-hydrogen) atoms. The molecule has 2 fully saturated rings. The van der Waals surface area contributed by atoms with E-state index in [0.717, 1.165) is 24.1 Å². The first-order chi connectivity index (χ1) is 17.7. The molecule has 0 bridgehead atoms. The summed E-state index contributed by atoms with van der Waals surface area (Å²) in [6, 6.07) is 3.69. The van der Waals surface area contributed by atoms with E-state index in [1.807, 2.05) is 19.2 Å². The smallest absolute Gasteiger partial charge is 0.229 e. The van der Waals surface area contributed by atoms with Crippen molar-refractivity contribution in [3.63, 3.8) is 0 Å². The molecular weight excluding hydrogens is 486 g/mol. The number of carbonyl (C=O) groups is 1. The average Bonchev–Trinajstić information content (AvgIpc) is 3.20. The van der Waals surface area contributed by atoms with Crippen LogP contribution in [0.15, 0.2) is 23.7 Å². The van der Waals surface area contributed by atoms with Crippen molar-refractivity contribution in [3.05, 3.63) is 34.8 Å². The quantitative estimate of drug-likeness (QED) is 0.388. The Morgan fingerprint density at radius 1 is 1.03 bits per heavy atom. The van der Waals surface area contributed by atoms with Gasteiger partial charge in [-0.15, -0.1) is 0 Å². The zero-order valence-electron chi connectivity index (χ0n) is 21.5. The Kier molecular flexibility index (Phi) is 6.66. The first-order valence-electron chi connectivity index (χ1n) is 12.4. The molecule has 11 nitrogen and oxygen atoms in total. The van der Waals surface area contributed by atoms with Crippen LogP contribution in [0.1, 0.15) is 30.4 Å². The number of aryl methyl sites for hydroxylation is 1. The minimum atomic E-state index is -1.56. The van der Waals surface area contributed by atoms with Gasteiger partial charge in [-0.1, -0.05) is 0 Å². The number of methoxy groups -OCH3 is 3. The third-order valence-corrected chi connectivity index (χ3v) is 8.78. The maximum atomic E-state index is 13.3. The Balaban J connectivity index is 1.58. The van der Waals surface area contributed by atoms with E-state index in [4.69, 9.17) is 23.7 Å². The van der Waals surface area contributed by atoms with E-state index in [1.54, 1.807) is 7.11 Å². The number of likely N-dealkylation sites (tertiary alicyclic amines) is 1. The van der Waals surface area contributed by atoms with Crippen LogP contribution in [0.3, 0.4) is 0 Å². The summed E-state index contributed by atoms with van der Waals surface area (Å²) >= 11 is 0. The summed E-state index contributed by atoms with van der Waals surface area (Å²) in [7, 11) is 6.61. The van der Waals surface area contributed by atoms with Gasteiger partial charge in [-0.05, 0) is 56.1 Å². The number of rotatable bonds is 6. The number of likely N-dealkylation sites (N-methyl/N-ethyl adjacent to an activating group) is 1. The van der Waals surface area contributed by atoms with Crippen LogP contribution in [0.25, 0.3) is 0 Å². The summed E-state index contributed by atoms with van der Waals surface area (Å²) in [5.74, 6) is 1.35. The monoisotopic (exact) mass is 521 g/mol. The normalized spacial score (nSPS) is 37.5. The van der Waals surface area contributed by atoms with Crippen LogP contribution in [0.4, 0.5) is 0 Å². The molecule has 0 saturated carbocycles. The van der Waals surface area contributed by atoms with Crippen LogP contribution in [0.2, 0.25) is 0 Å². The predicted molar refractivity (Wildman–Crippen MR) is 128 cm³/mol. The fraction of sp³-hybridized carbons (Fsp3) is 0.654. The lowest BCUT2D eigenvalue weighted by Gasteiger charge is -2.55. The highest BCUT2D eigenvalue weighted by Crippen LogP contribution is 2.62. The van der Waals surface area contributed by atoms with Gasteiger partial charge in [-0.2, -0.15) is 0 Å². The number of ether oxygens (including phenoxy) is 5. The van der Waals surface area contributed by atoms with Crippen molar-refractivity contribution in [2.45, 2.75) is 67.3 Å². The fourth-order valence-corrected chi connectivity index (χ4v) is 6.99. The van der Waals surface area contributed by atoms with Crippen LogP contribution >= 0.6 is 0 Å². The molecule has 2 aliphatic carbocycles. The maximum absolute atomic E-state index is 13.3. The fourth-order valence-electron chi connectivity index (χ4n) is 6.99. The number of carbonyl (C=O) groups excluding carboxylic acids is 1. The van der Waals surface area contributed by atoms with Gasteiger partial charge in [0.25, 0.3) is 0 Å². The van der Waals surface area contributed by atoms with Crippen LogP contribution < -0.4 is 9.47 Å². The number of allylic oxidation sites excluding steroid dienone is 1. The van der Waals surface area contributed by atoms with E-state index in [0.29, 0.717) is 24.4 Å². The van der Waals surface area contributed by atoms with Gasteiger partial charge in [-0.3, -0.25) is 9.69 Å². The third-order valence-electron chi connectivity index (χ3n) is 8.78. The van der Waals surface area contributed by atoms with Crippen molar-refractivity contribution in [1.29, 1.82) is 0 Å². The second-order valence-corrected chi connectivity index (χ2v) is 10.3. The highest BCUT2D eigenvalue weighted by Gasteiger charge is 2.67. The van der Waals surface area contributed by atoms with Gasteiger partial charge in [0, 0.05) is 11.8 Å². The number of benzene rings is 1. The van der Waals surface area contributed by atoms with E-state index < -0.39 is 48.3 Å². The lowest BCUT2D eigenvalue weighted by Crippen LogP contribution is -2.62. The first-order valence-corrected chi connectivity index (χ1v) is 12.4. The summed E-state index contributed by atoms with van der Waals surface area (Å²) in [6.07, 6.45) is -4.70. The molecule has 204 valence electrons. The van der Waals surface area contributed by atoms with Gasteiger partial charge >= 0.3 is 0 Å². The van der Waals surface area contributed by atoms with Gasteiger partial charge in [0.2, 0.25) is 17.8 Å². The molecule has 2 heterocycles. The standard InChI is InChI=1S/C26H35NO10/c1-27-8-7-25-11-15(29)22(34-3)23(35-4)26(25,27)6-5-13-9-17(16(33-2)10-14(13)25)36-24-21(32)20(31)19(30)18(12-28)37-24/h9-10,18-21,24,28,30-32H,5-8,11-12H2,1-4H3/t18-,19-,20+,21-,24-,25?,26-/m1/s1. The van der Waals surface area contributed by atoms with Crippen molar-refractivity contribution < 1.29 is 48.9 Å². The molecule has 0 aromatic heterocycles. The zero-order valence-corrected chi connectivity index (χ0v) is 21.5. The Bertz CT molecular complexity index is 1110. The summed E-state index contributed by atoms with van der Waals surface area (Å²) in [6.45, 7) is 0.207. The summed E-state index contributed by atoms with van der Waals surface area (Å²) < 4.78 is 28.6. The van der Waals surface area contributed by atoms with Gasteiger partial charge < -0.3 is 44.1 Å². The third kappa shape index (κ3) is 3.52. The molecule has 1 aromatic rings. The predicted octanol–water partition coefficient (Wildman–Crippen LogP) is -0.391. The molecule has 1 aromatic carbocycles. The van der Waals surface area contributed by atoms with Crippen molar-refractivity contribution in [3.8, 4) is 11.5 Å². The number of Topliss-reactive ketones (excluding diaryl/α,β-unsaturated/α-hetero) is 1. The van der Waals surface area contributed by atoms with Crippen molar-refractivity contribution in [1.82, 2.24) is 4.90 Å². The van der Waals surface area contributed by atoms with Crippen LogP contribution in [-0.2, 0) is 30.8 Å². The molecule has 0 radical (unpaired) electrons. The van der Waals surface area contributed by atoms with E-state index in [-0.39, 0.29) is 23.7 Å². The Labute approximate surface area is 215 Å². The number of aliphatic hydroxyl groups is 4. The molecule has 0 amide bonds. The highest BCUT2D eigenvalue weighted by atomic mass is 16.7. The van der Waals surface area contributed by atoms with Gasteiger partial charge in [0.1, 0.15) is 24.4 Å². The number of nitrogens with zero attached hydrogens (tertiary/aromatic N) is 1. The number of hydrogen-bond acceptors (Lipinski definition) is 11. The summed E-state index contributed by atoms with van der Waals surface area (Å²) in [5.41, 5.74) is 0.822. The second kappa shape index (κ2) is 9.40. The lowest BCUT2D eigenvalue weighted by atomic mass is 9.54. The Hall–Kier alpha value is -2.41. The molecule has 2 aliphatic heterocycles. The number of aliphatic hydroxyl groups excluding tert-OH is 4. The Morgan fingerprint density at radius 2 is 1.78 bits per heavy atom. The van der Waals surface area contributed by atoms with Gasteiger partial charge in [0.05, 0.1) is 33.5 Å². The number of ketones is 1. The molecule has 5 rings (SSSR count). The molecular formula is C26H35NO10. The minimum Gasteiger partial charge on any atom is -0.495 e. The average molecular weight is 522 g/mol. The van der Waals surface area contributed by atoms with E-state index in [1.165, 1.54) is 14.2 Å². The van der Waals surface area contributed by atoms with Crippen molar-refractivity contribution >= 4 is 5.78 Å². The summed E-state index contributed by atoms with van der Waals surface area (Å²) in [4.78, 5) is 15.5. The van der Waals surface area contributed by atoms with Crippen LogP contribution in [0, 0.1) is 0 Å².